The van der Waals surface area contributed by atoms with Gasteiger partial charge in [-0.2, -0.15) is 0 Å². The lowest BCUT2D eigenvalue weighted by Crippen LogP contribution is -2.04. The highest BCUT2D eigenvalue weighted by Gasteiger charge is 2.17. The Morgan fingerprint density at radius 2 is 1.78 bits per heavy atom. The highest BCUT2D eigenvalue weighted by molar-refractivity contribution is 7.98. The van der Waals surface area contributed by atoms with E-state index in [0.717, 1.165) is 22.4 Å². The molecule has 0 saturated carbocycles. The number of benzene rings is 2. The molecule has 0 aliphatic heterocycles. The van der Waals surface area contributed by atoms with E-state index in [9.17, 15) is 0 Å². The summed E-state index contributed by atoms with van der Waals surface area (Å²) in [6.07, 6.45) is 0. The number of aromatic nitrogens is 3. The predicted molar refractivity (Wildman–Crippen MR) is 96.2 cm³/mol. The van der Waals surface area contributed by atoms with E-state index < -0.39 is 0 Å². The molecule has 118 valence electrons. The van der Waals surface area contributed by atoms with Crippen molar-refractivity contribution < 1.29 is 0 Å². The second-order valence-electron chi connectivity index (χ2n) is 5.94. The Labute approximate surface area is 141 Å². The van der Waals surface area contributed by atoms with Crippen molar-refractivity contribution in [3.63, 3.8) is 0 Å². The van der Waals surface area contributed by atoms with Crippen molar-refractivity contribution in [3.05, 3.63) is 71.5 Å². The fourth-order valence-electron chi connectivity index (χ4n) is 2.48. The maximum atomic E-state index is 4.43. The number of nitrogens with zero attached hydrogens (tertiary/aromatic N) is 3. The van der Waals surface area contributed by atoms with Crippen molar-refractivity contribution in [1.29, 1.82) is 0 Å². The zero-order valence-electron chi connectivity index (χ0n) is 13.7. The lowest BCUT2D eigenvalue weighted by Gasteiger charge is -2.12. The normalized spacial score (nSPS) is 11.1. The second-order valence-corrected chi connectivity index (χ2v) is 6.89. The zero-order valence-corrected chi connectivity index (χ0v) is 14.5. The highest BCUT2D eigenvalue weighted by Crippen LogP contribution is 2.28. The number of rotatable bonds is 5. The van der Waals surface area contributed by atoms with Gasteiger partial charge in [0, 0.05) is 17.4 Å². The molecule has 0 aliphatic carbocycles. The summed E-state index contributed by atoms with van der Waals surface area (Å²) in [6, 6.07) is 19.0. The Hall–Kier alpha value is -2.07. The SMILES string of the molecule is Cc1cccc(-n2c(SCc3ccccc3)nnc2C(C)C)c1. The second kappa shape index (κ2) is 7.01. The summed E-state index contributed by atoms with van der Waals surface area (Å²) in [6.45, 7) is 6.42. The summed E-state index contributed by atoms with van der Waals surface area (Å²) in [5.74, 6) is 2.23. The van der Waals surface area contributed by atoms with Crippen LogP contribution in [0.1, 0.15) is 36.7 Å². The quantitative estimate of drug-likeness (QED) is 0.620. The Morgan fingerprint density at radius 3 is 2.48 bits per heavy atom. The van der Waals surface area contributed by atoms with Gasteiger partial charge in [-0.3, -0.25) is 4.57 Å². The van der Waals surface area contributed by atoms with Gasteiger partial charge in [0.05, 0.1) is 0 Å². The molecule has 23 heavy (non-hydrogen) atoms. The molecule has 3 aromatic rings. The van der Waals surface area contributed by atoms with E-state index in [2.05, 4.69) is 84.1 Å². The van der Waals surface area contributed by atoms with Gasteiger partial charge in [0.15, 0.2) is 5.16 Å². The summed E-state index contributed by atoms with van der Waals surface area (Å²) in [4.78, 5) is 0. The summed E-state index contributed by atoms with van der Waals surface area (Å²) >= 11 is 1.73. The van der Waals surface area contributed by atoms with Gasteiger partial charge in [0.2, 0.25) is 0 Å². The summed E-state index contributed by atoms with van der Waals surface area (Å²) in [5.41, 5.74) is 3.67. The Kier molecular flexibility index (Phi) is 4.82. The smallest absolute Gasteiger partial charge is 0.196 e. The fraction of sp³-hybridized carbons (Fsp3) is 0.263. The molecule has 0 unspecified atom stereocenters. The van der Waals surface area contributed by atoms with Crippen LogP contribution in [0.4, 0.5) is 0 Å². The third kappa shape index (κ3) is 3.64. The molecule has 0 fully saturated rings. The first-order valence-corrected chi connectivity index (χ1v) is 8.83. The molecule has 4 heteroatoms. The van der Waals surface area contributed by atoms with Gasteiger partial charge < -0.3 is 0 Å². The van der Waals surface area contributed by atoms with Crippen LogP contribution in [0.2, 0.25) is 0 Å². The summed E-state index contributed by atoms with van der Waals surface area (Å²) in [7, 11) is 0. The van der Waals surface area contributed by atoms with Crippen molar-refractivity contribution >= 4 is 11.8 Å². The van der Waals surface area contributed by atoms with E-state index in [4.69, 9.17) is 0 Å². The maximum Gasteiger partial charge on any atom is 0.196 e. The van der Waals surface area contributed by atoms with Gasteiger partial charge in [0.1, 0.15) is 5.82 Å². The van der Waals surface area contributed by atoms with E-state index in [-0.39, 0.29) is 0 Å². The third-order valence-corrected chi connectivity index (χ3v) is 4.65. The topological polar surface area (TPSA) is 30.7 Å². The van der Waals surface area contributed by atoms with Crippen LogP contribution in [-0.2, 0) is 5.75 Å². The molecule has 2 aromatic carbocycles. The molecule has 0 saturated heterocycles. The highest BCUT2D eigenvalue weighted by atomic mass is 32.2. The van der Waals surface area contributed by atoms with Crippen LogP contribution in [0, 0.1) is 6.92 Å². The number of aryl methyl sites for hydroxylation is 1. The largest absolute Gasteiger partial charge is 0.274 e. The van der Waals surface area contributed by atoms with Crippen molar-refractivity contribution in [2.45, 2.75) is 37.6 Å². The van der Waals surface area contributed by atoms with Gasteiger partial charge in [-0.15, -0.1) is 10.2 Å². The first-order valence-electron chi connectivity index (χ1n) is 7.84. The van der Waals surface area contributed by atoms with E-state index in [1.54, 1.807) is 11.8 Å². The van der Waals surface area contributed by atoms with Crippen LogP contribution in [0.15, 0.2) is 59.8 Å². The minimum atomic E-state index is 0.328. The number of hydrogen-bond acceptors (Lipinski definition) is 3. The third-order valence-electron chi connectivity index (χ3n) is 3.65. The van der Waals surface area contributed by atoms with E-state index in [1.807, 2.05) is 6.07 Å². The molecule has 0 aliphatic rings. The lowest BCUT2D eigenvalue weighted by atomic mass is 10.2. The molecule has 0 N–H and O–H groups in total. The Morgan fingerprint density at radius 1 is 1.00 bits per heavy atom. The minimum Gasteiger partial charge on any atom is -0.274 e. The molecule has 0 amide bonds. The molecule has 0 radical (unpaired) electrons. The van der Waals surface area contributed by atoms with Gasteiger partial charge in [0.25, 0.3) is 0 Å². The Bertz CT molecular complexity index is 778. The molecule has 3 rings (SSSR count). The van der Waals surface area contributed by atoms with Crippen LogP contribution in [0.3, 0.4) is 0 Å². The molecule has 0 bridgehead atoms. The molecule has 3 nitrogen and oxygen atoms in total. The lowest BCUT2D eigenvalue weighted by molar-refractivity contribution is 0.732. The van der Waals surface area contributed by atoms with Crippen LogP contribution < -0.4 is 0 Å². The van der Waals surface area contributed by atoms with Gasteiger partial charge in [-0.25, -0.2) is 0 Å². The maximum absolute atomic E-state index is 4.43. The number of hydrogen-bond donors (Lipinski definition) is 0. The first-order chi connectivity index (χ1) is 11.1. The van der Waals surface area contributed by atoms with Gasteiger partial charge >= 0.3 is 0 Å². The molecule has 0 spiro atoms. The summed E-state index contributed by atoms with van der Waals surface area (Å²) < 4.78 is 2.19. The Balaban J connectivity index is 1.94. The van der Waals surface area contributed by atoms with Crippen molar-refractivity contribution in [2.75, 3.05) is 0 Å². The van der Waals surface area contributed by atoms with Crippen molar-refractivity contribution in [1.82, 2.24) is 14.8 Å². The molecule has 0 atom stereocenters. The van der Waals surface area contributed by atoms with Crippen LogP contribution in [0.5, 0.6) is 0 Å². The fourth-order valence-corrected chi connectivity index (χ4v) is 3.40. The van der Waals surface area contributed by atoms with Crippen LogP contribution in [-0.4, -0.2) is 14.8 Å². The molecule has 1 aromatic heterocycles. The average Bonchev–Trinajstić information content (AvgIpc) is 2.98. The van der Waals surface area contributed by atoms with Gasteiger partial charge in [-0.05, 0) is 30.2 Å². The monoisotopic (exact) mass is 323 g/mol. The number of thioether (sulfide) groups is 1. The van der Waals surface area contributed by atoms with Crippen molar-refractivity contribution in [2.24, 2.45) is 0 Å². The zero-order chi connectivity index (χ0) is 16.2. The van der Waals surface area contributed by atoms with Crippen molar-refractivity contribution in [3.8, 4) is 5.69 Å². The first kappa shape index (κ1) is 15.8. The van der Waals surface area contributed by atoms with Crippen LogP contribution in [0.25, 0.3) is 5.69 Å². The van der Waals surface area contributed by atoms with E-state index in [1.165, 1.54) is 11.1 Å². The van der Waals surface area contributed by atoms with Gasteiger partial charge in [-0.1, -0.05) is 68.1 Å². The molecular formula is C19H21N3S. The minimum absolute atomic E-state index is 0.328. The average molecular weight is 323 g/mol. The standard InChI is InChI=1S/C19H21N3S/c1-14(2)18-20-21-19(23-13-16-9-5-4-6-10-16)22(18)17-11-7-8-15(3)12-17/h4-12,14H,13H2,1-3H3. The molecule has 1 heterocycles. The van der Waals surface area contributed by atoms with E-state index in [0.29, 0.717) is 5.92 Å². The van der Waals surface area contributed by atoms with Crippen LogP contribution >= 0.6 is 11.8 Å². The van der Waals surface area contributed by atoms with E-state index >= 15 is 0 Å². The predicted octanol–water partition coefficient (Wildman–Crippen LogP) is 4.99. The molecular weight excluding hydrogens is 302 g/mol. The summed E-state index contributed by atoms with van der Waals surface area (Å²) in [5, 5.41) is 9.81.